The monoisotopic (exact) mass is 284 g/mol. The van der Waals surface area contributed by atoms with Crippen LogP contribution in [0.2, 0.25) is 0 Å². The summed E-state index contributed by atoms with van der Waals surface area (Å²) in [6, 6.07) is -0.497. The second kappa shape index (κ2) is 6.64. The van der Waals surface area contributed by atoms with Crippen LogP contribution in [0.25, 0.3) is 0 Å². The number of rotatable bonds is 7. The smallest absolute Gasteiger partial charge is 0.245 e. The summed E-state index contributed by atoms with van der Waals surface area (Å²) in [5, 5.41) is 2.88. The maximum absolute atomic E-state index is 12.4. The highest BCUT2D eigenvalue weighted by molar-refractivity contribution is 7.99. The summed E-state index contributed by atoms with van der Waals surface area (Å²) in [6.45, 7) is 4.83. The van der Waals surface area contributed by atoms with Gasteiger partial charge < -0.3 is 10.2 Å². The normalized spacial score (nSPS) is 27.6. The molecule has 19 heavy (non-hydrogen) atoms. The average Bonchev–Trinajstić information content (AvgIpc) is 3.22. The van der Waals surface area contributed by atoms with Crippen molar-refractivity contribution in [2.75, 3.05) is 18.1 Å². The fourth-order valence-electron chi connectivity index (χ4n) is 2.69. The molecule has 0 aromatic rings. The molecule has 0 spiro atoms. The third-order valence-corrected chi connectivity index (χ3v) is 4.86. The molecule has 2 atom stereocenters. The predicted octanol–water partition coefficient (Wildman–Crippen LogP) is 1.65. The lowest BCUT2D eigenvalue weighted by molar-refractivity contribution is -0.150. The number of thioether (sulfide) groups is 1. The van der Waals surface area contributed by atoms with Crippen LogP contribution in [0.15, 0.2) is 0 Å². The molecule has 2 unspecified atom stereocenters. The number of nitrogens with one attached hydrogen (secondary N) is 1. The Kier molecular flexibility index (Phi) is 5.13. The van der Waals surface area contributed by atoms with Gasteiger partial charge >= 0.3 is 0 Å². The lowest BCUT2D eigenvalue weighted by Crippen LogP contribution is -2.64. The van der Waals surface area contributed by atoms with Gasteiger partial charge in [-0.15, -0.1) is 0 Å². The topological polar surface area (TPSA) is 49.4 Å². The molecule has 0 aromatic carbocycles. The van der Waals surface area contributed by atoms with Crippen LogP contribution >= 0.6 is 11.8 Å². The minimum absolute atomic E-state index is 0.0668. The number of hydrogen-bond acceptors (Lipinski definition) is 3. The van der Waals surface area contributed by atoms with E-state index in [4.69, 9.17) is 0 Å². The maximum atomic E-state index is 12.4. The highest BCUT2D eigenvalue weighted by Gasteiger charge is 2.46. The van der Waals surface area contributed by atoms with Gasteiger partial charge in [0, 0.05) is 6.54 Å². The molecular formula is C14H24N2O2S. The minimum atomic E-state index is -0.304. The zero-order chi connectivity index (χ0) is 13.8. The molecule has 1 aliphatic carbocycles. The van der Waals surface area contributed by atoms with Crippen molar-refractivity contribution in [2.45, 2.75) is 51.6 Å². The Labute approximate surface area is 119 Å². The Hall–Kier alpha value is -0.710. The third-order valence-electron chi connectivity index (χ3n) is 3.87. The van der Waals surface area contributed by atoms with E-state index in [0.29, 0.717) is 12.3 Å². The van der Waals surface area contributed by atoms with Crippen molar-refractivity contribution < 1.29 is 9.59 Å². The summed E-state index contributed by atoms with van der Waals surface area (Å²) in [7, 11) is 0. The van der Waals surface area contributed by atoms with Gasteiger partial charge in [0.1, 0.15) is 12.1 Å². The van der Waals surface area contributed by atoms with Gasteiger partial charge in [-0.05, 0) is 43.1 Å². The zero-order valence-corrected chi connectivity index (χ0v) is 12.7. The number of nitrogens with zero attached hydrogens (tertiary/aromatic N) is 1. The molecule has 2 amide bonds. The van der Waals surface area contributed by atoms with Crippen molar-refractivity contribution in [3.63, 3.8) is 0 Å². The van der Waals surface area contributed by atoms with Crippen LogP contribution in [0, 0.1) is 5.92 Å². The molecule has 2 aliphatic rings. The van der Waals surface area contributed by atoms with Gasteiger partial charge in [-0.2, -0.15) is 11.8 Å². The van der Waals surface area contributed by atoms with Gasteiger partial charge in [0.25, 0.3) is 0 Å². The number of amides is 2. The Bertz CT molecular complexity index is 344. The van der Waals surface area contributed by atoms with Crippen LogP contribution in [0.4, 0.5) is 0 Å². The van der Waals surface area contributed by atoms with Crippen LogP contribution in [-0.2, 0) is 9.59 Å². The summed E-state index contributed by atoms with van der Waals surface area (Å²) >= 11 is 1.89. The summed E-state index contributed by atoms with van der Waals surface area (Å²) < 4.78 is 0. The van der Waals surface area contributed by atoms with Crippen molar-refractivity contribution >= 4 is 23.6 Å². The first-order chi connectivity index (χ1) is 9.19. The molecule has 1 saturated heterocycles. The van der Waals surface area contributed by atoms with E-state index in [1.54, 1.807) is 0 Å². The first-order valence-corrected chi connectivity index (χ1v) is 8.53. The number of piperazine rings is 1. The van der Waals surface area contributed by atoms with Crippen LogP contribution in [0.3, 0.4) is 0 Å². The third kappa shape index (κ3) is 3.44. The molecule has 0 radical (unpaired) electrons. The van der Waals surface area contributed by atoms with Gasteiger partial charge in [0.2, 0.25) is 11.8 Å². The molecule has 2 rings (SSSR count). The highest BCUT2D eigenvalue weighted by Crippen LogP contribution is 2.37. The van der Waals surface area contributed by atoms with E-state index in [9.17, 15) is 9.59 Å². The molecule has 1 heterocycles. The summed E-state index contributed by atoms with van der Waals surface area (Å²) in [6.07, 6.45) is 3.84. The number of hydrogen-bond donors (Lipinski definition) is 1. The van der Waals surface area contributed by atoms with E-state index in [-0.39, 0.29) is 23.9 Å². The molecule has 0 aromatic heterocycles. The van der Waals surface area contributed by atoms with Crippen LogP contribution in [-0.4, -0.2) is 46.8 Å². The average molecular weight is 284 g/mol. The zero-order valence-electron chi connectivity index (χ0n) is 11.9. The second-order valence-electron chi connectivity index (χ2n) is 5.33. The maximum Gasteiger partial charge on any atom is 0.245 e. The largest absolute Gasteiger partial charge is 0.343 e. The van der Waals surface area contributed by atoms with Crippen LogP contribution in [0.5, 0.6) is 0 Å². The lowest BCUT2D eigenvalue weighted by Gasteiger charge is -2.39. The quantitative estimate of drug-likeness (QED) is 0.723. The van der Waals surface area contributed by atoms with E-state index in [0.717, 1.165) is 37.3 Å². The van der Waals surface area contributed by atoms with Crippen molar-refractivity contribution in [1.82, 2.24) is 10.2 Å². The van der Waals surface area contributed by atoms with Gasteiger partial charge in [-0.3, -0.25) is 9.59 Å². The van der Waals surface area contributed by atoms with Crippen molar-refractivity contribution in [3.05, 3.63) is 0 Å². The Balaban J connectivity index is 1.99. The van der Waals surface area contributed by atoms with E-state index >= 15 is 0 Å². The van der Waals surface area contributed by atoms with E-state index in [1.807, 2.05) is 23.6 Å². The Morgan fingerprint density at radius 3 is 2.63 bits per heavy atom. The molecule has 1 N–H and O–H groups in total. The van der Waals surface area contributed by atoms with Crippen LogP contribution in [0.1, 0.15) is 39.5 Å². The van der Waals surface area contributed by atoms with Gasteiger partial charge in [0.15, 0.2) is 0 Å². The molecule has 5 heteroatoms. The molecule has 108 valence electrons. The molecular weight excluding hydrogens is 260 g/mol. The number of carbonyl (C=O) groups is 2. The SMILES string of the molecule is CCSCCCN1C(=O)C(CC)NC(=O)C1C1CC1. The Morgan fingerprint density at radius 1 is 1.32 bits per heavy atom. The van der Waals surface area contributed by atoms with Crippen molar-refractivity contribution in [2.24, 2.45) is 5.92 Å². The summed E-state index contributed by atoms with van der Waals surface area (Å²) in [4.78, 5) is 26.5. The lowest BCUT2D eigenvalue weighted by atomic mass is 10.0. The fourth-order valence-corrected chi connectivity index (χ4v) is 3.31. The van der Waals surface area contributed by atoms with Crippen molar-refractivity contribution in [1.29, 1.82) is 0 Å². The molecule has 4 nitrogen and oxygen atoms in total. The van der Waals surface area contributed by atoms with Gasteiger partial charge in [-0.25, -0.2) is 0 Å². The van der Waals surface area contributed by atoms with Crippen molar-refractivity contribution in [3.8, 4) is 0 Å². The molecule has 1 aliphatic heterocycles. The molecule has 2 fully saturated rings. The fraction of sp³-hybridized carbons (Fsp3) is 0.857. The Morgan fingerprint density at radius 2 is 2.05 bits per heavy atom. The predicted molar refractivity (Wildman–Crippen MR) is 78.1 cm³/mol. The molecule has 0 bridgehead atoms. The second-order valence-corrected chi connectivity index (χ2v) is 6.73. The summed E-state index contributed by atoms with van der Waals surface area (Å²) in [5.74, 6) is 2.77. The van der Waals surface area contributed by atoms with Gasteiger partial charge in [-0.1, -0.05) is 13.8 Å². The number of carbonyl (C=O) groups excluding carboxylic acids is 2. The first kappa shape index (κ1) is 14.7. The standard InChI is InChI=1S/C14H24N2O2S/c1-3-11-14(18)16(8-5-9-19-4-2)12(10-6-7-10)13(17)15-11/h10-12H,3-9H2,1-2H3,(H,15,17). The highest BCUT2D eigenvalue weighted by atomic mass is 32.2. The van der Waals surface area contributed by atoms with E-state index < -0.39 is 0 Å². The van der Waals surface area contributed by atoms with Crippen LogP contribution < -0.4 is 5.32 Å². The first-order valence-electron chi connectivity index (χ1n) is 7.37. The van der Waals surface area contributed by atoms with E-state index in [1.165, 1.54) is 0 Å². The van der Waals surface area contributed by atoms with Gasteiger partial charge in [0.05, 0.1) is 0 Å². The minimum Gasteiger partial charge on any atom is -0.343 e. The van der Waals surface area contributed by atoms with E-state index in [2.05, 4.69) is 12.2 Å². The molecule has 1 saturated carbocycles. The summed E-state index contributed by atoms with van der Waals surface area (Å²) in [5.41, 5.74) is 0.